The van der Waals surface area contributed by atoms with Crippen molar-refractivity contribution in [3.05, 3.63) is 32.9 Å². The minimum Gasteiger partial charge on any atom is -0.469 e. The van der Waals surface area contributed by atoms with Crippen LogP contribution in [0.25, 0.3) is 10.2 Å². The van der Waals surface area contributed by atoms with Gasteiger partial charge in [0.1, 0.15) is 0 Å². The van der Waals surface area contributed by atoms with Gasteiger partial charge in [0.2, 0.25) is 0 Å². The van der Waals surface area contributed by atoms with Crippen LogP contribution in [-0.4, -0.2) is 17.6 Å². The summed E-state index contributed by atoms with van der Waals surface area (Å²) in [5.41, 5.74) is 0.761. The Balaban J connectivity index is 2.38. The SMILES string of the molecule is COC(=O)CCn1c(=O)sc2ccc(Cl)cc21. The van der Waals surface area contributed by atoms with Crippen LogP contribution in [0, 0.1) is 0 Å². The van der Waals surface area contributed by atoms with Gasteiger partial charge in [0.25, 0.3) is 0 Å². The molecule has 6 heteroatoms. The summed E-state index contributed by atoms with van der Waals surface area (Å²) < 4.78 is 6.96. The lowest BCUT2D eigenvalue weighted by atomic mass is 10.3. The third-order valence-electron chi connectivity index (χ3n) is 2.40. The normalized spacial score (nSPS) is 10.7. The second-order valence-electron chi connectivity index (χ2n) is 3.46. The molecule has 0 atom stereocenters. The molecule has 17 heavy (non-hydrogen) atoms. The fraction of sp³-hybridized carbons (Fsp3) is 0.273. The summed E-state index contributed by atoms with van der Waals surface area (Å²) in [5, 5.41) is 0.571. The summed E-state index contributed by atoms with van der Waals surface area (Å²) in [6.07, 6.45) is 0.175. The van der Waals surface area contributed by atoms with Gasteiger partial charge in [-0.3, -0.25) is 14.2 Å². The first kappa shape index (κ1) is 12.1. The molecule has 1 heterocycles. The number of carbonyl (C=O) groups excluding carboxylic acids is 1. The van der Waals surface area contributed by atoms with Gasteiger partial charge in [0.15, 0.2) is 0 Å². The van der Waals surface area contributed by atoms with Crippen molar-refractivity contribution in [3.63, 3.8) is 0 Å². The maximum atomic E-state index is 11.7. The summed E-state index contributed by atoms with van der Waals surface area (Å²) in [4.78, 5) is 22.7. The minimum atomic E-state index is -0.335. The summed E-state index contributed by atoms with van der Waals surface area (Å²) in [5.74, 6) is -0.335. The monoisotopic (exact) mass is 271 g/mol. The van der Waals surface area contributed by atoms with Gasteiger partial charge in [-0.25, -0.2) is 0 Å². The van der Waals surface area contributed by atoms with E-state index in [0.717, 1.165) is 21.6 Å². The quantitative estimate of drug-likeness (QED) is 0.805. The number of nitrogens with zero attached hydrogens (tertiary/aromatic N) is 1. The van der Waals surface area contributed by atoms with Crippen molar-refractivity contribution in [2.75, 3.05) is 7.11 Å². The first-order valence-electron chi connectivity index (χ1n) is 4.97. The van der Waals surface area contributed by atoms with Crippen molar-refractivity contribution in [3.8, 4) is 0 Å². The molecular formula is C11H10ClNO3S. The number of ether oxygens (including phenoxy) is 1. The molecule has 1 aromatic carbocycles. The summed E-state index contributed by atoms with van der Waals surface area (Å²) in [6.45, 7) is 0.311. The molecule has 4 nitrogen and oxygen atoms in total. The van der Waals surface area contributed by atoms with E-state index in [2.05, 4.69) is 4.74 Å². The second-order valence-corrected chi connectivity index (χ2v) is 4.89. The van der Waals surface area contributed by atoms with Crippen LogP contribution < -0.4 is 4.87 Å². The van der Waals surface area contributed by atoms with Gasteiger partial charge in [-0.15, -0.1) is 0 Å². The van der Waals surface area contributed by atoms with Crippen LogP contribution in [0.15, 0.2) is 23.0 Å². The molecule has 0 fully saturated rings. The van der Waals surface area contributed by atoms with Crippen molar-refractivity contribution < 1.29 is 9.53 Å². The Morgan fingerprint density at radius 3 is 3.00 bits per heavy atom. The molecule has 1 aromatic heterocycles. The molecule has 0 aliphatic rings. The van der Waals surface area contributed by atoms with Crippen molar-refractivity contribution in [1.29, 1.82) is 0 Å². The van der Waals surface area contributed by atoms with Crippen molar-refractivity contribution in [2.24, 2.45) is 0 Å². The molecule has 2 rings (SSSR count). The molecule has 0 saturated heterocycles. The third kappa shape index (κ3) is 2.50. The number of benzene rings is 1. The van der Waals surface area contributed by atoms with Crippen LogP contribution >= 0.6 is 22.9 Å². The van der Waals surface area contributed by atoms with E-state index in [4.69, 9.17) is 11.6 Å². The van der Waals surface area contributed by atoms with Gasteiger partial charge in [-0.05, 0) is 18.2 Å². The largest absolute Gasteiger partial charge is 0.469 e. The number of hydrogen-bond donors (Lipinski definition) is 0. The van der Waals surface area contributed by atoms with Gasteiger partial charge >= 0.3 is 10.8 Å². The summed E-state index contributed by atoms with van der Waals surface area (Å²) in [6, 6.07) is 5.27. The van der Waals surface area contributed by atoms with Gasteiger partial charge < -0.3 is 4.74 Å². The number of fused-ring (bicyclic) bond motifs is 1. The maximum Gasteiger partial charge on any atom is 0.308 e. The van der Waals surface area contributed by atoms with E-state index < -0.39 is 0 Å². The van der Waals surface area contributed by atoms with Crippen LogP contribution in [-0.2, 0) is 16.1 Å². The first-order chi connectivity index (χ1) is 8.11. The Labute approximate surface area is 106 Å². The Morgan fingerprint density at radius 2 is 2.29 bits per heavy atom. The fourth-order valence-electron chi connectivity index (χ4n) is 1.55. The van der Waals surface area contributed by atoms with E-state index in [1.165, 1.54) is 7.11 Å². The number of carbonyl (C=O) groups is 1. The number of halogens is 1. The van der Waals surface area contributed by atoms with E-state index in [9.17, 15) is 9.59 Å². The molecule has 0 radical (unpaired) electrons. The van der Waals surface area contributed by atoms with Crippen LogP contribution in [0.1, 0.15) is 6.42 Å². The highest BCUT2D eigenvalue weighted by molar-refractivity contribution is 7.16. The lowest BCUT2D eigenvalue weighted by molar-refractivity contribution is -0.140. The summed E-state index contributed by atoms with van der Waals surface area (Å²) in [7, 11) is 1.33. The fourth-order valence-corrected chi connectivity index (χ4v) is 2.62. The average molecular weight is 272 g/mol. The Hall–Kier alpha value is -1.33. The smallest absolute Gasteiger partial charge is 0.308 e. The zero-order valence-electron chi connectivity index (χ0n) is 9.10. The van der Waals surface area contributed by atoms with Crippen LogP contribution in [0.3, 0.4) is 0 Å². The van der Waals surface area contributed by atoms with E-state index in [-0.39, 0.29) is 17.3 Å². The van der Waals surface area contributed by atoms with Crippen LogP contribution in [0.2, 0.25) is 5.02 Å². The van der Waals surface area contributed by atoms with Crippen molar-refractivity contribution in [2.45, 2.75) is 13.0 Å². The van der Waals surface area contributed by atoms with Gasteiger partial charge in [-0.2, -0.15) is 0 Å². The molecule has 0 amide bonds. The van der Waals surface area contributed by atoms with Crippen molar-refractivity contribution >= 4 is 39.1 Å². The molecule has 2 aromatic rings. The standard InChI is InChI=1S/C11H10ClNO3S/c1-16-10(14)4-5-13-8-6-7(12)2-3-9(8)17-11(13)15/h2-3,6H,4-5H2,1H3. The van der Waals surface area contributed by atoms with E-state index in [1.54, 1.807) is 22.8 Å². The predicted octanol–water partition coefficient (Wildman–Crippen LogP) is 2.28. The minimum absolute atomic E-state index is 0.0915. The molecule has 0 aliphatic carbocycles. The van der Waals surface area contributed by atoms with E-state index in [0.29, 0.717) is 11.6 Å². The van der Waals surface area contributed by atoms with Crippen LogP contribution in [0.4, 0.5) is 0 Å². The van der Waals surface area contributed by atoms with Crippen LogP contribution in [0.5, 0.6) is 0 Å². The van der Waals surface area contributed by atoms with Gasteiger partial charge in [-0.1, -0.05) is 22.9 Å². The highest BCUT2D eigenvalue weighted by atomic mass is 35.5. The first-order valence-corrected chi connectivity index (χ1v) is 6.17. The molecular weight excluding hydrogens is 262 g/mol. The number of methoxy groups -OCH3 is 1. The molecule has 90 valence electrons. The molecule has 0 spiro atoms. The molecule has 0 unspecified atom stereocenters. The number of thiazole rings is 1. The predicted molar refractivity (Wildman–Crippen MR) is 67.7 cm³/mol. The molecule has 0 bridgehead atoms. The lowest BCUT2D eigenvalue weighted by Gasteiger charge is -2.02. The molecule has 0 aliphatic heterocycles. The third-order valence-corrected chi connectivity index (χ3v) is 3.59. The second kappa shape index (κ2) is 4.89. The van der Waals surface area contributed by atoms with Gasteiger partial charge in [0.05, 0.1) is 23.7 Å². The lowest BCUT2D eigenvalue weighted by Crippen LogP contribution is -2.15. The number of rotatable bonds is 3. The van der Waals surface area contributed by atoms with E-state index in [1.807, 2.05) is 0 Å². The number of aromatic nitrogens is 1. The molecule has 0 saturated carbocycles. The highest BCUT2D eigenvalue weighted by Crippen LogP contribution is 2.21. The zero-order chi connectivity index (χ0) is 12.4. The zero-order valence-corrected chi connectivity index (χ0v) is 10.7. The Bertz CT molecular complexity index is 617. The number of aryl methyl sites for hydroxylation is 1. The van der Waals surface area contributed by atoms with E-state index >= 15 is 0 Å². The maximum absolute atomic E-state index is 11.7. The number of hydrogen-bond acceptors (Lipinski definition) is 4. The summed E-state index contributed by atoms with van der Waals surface area (Å²) >= 11 is 7.03. The van der Waals surface area contributed by atoms with Gasteiger partial charge in [0, 0.05) is 11.6 Å². The Kier molecular flexibility index (Phi) is 3.49. The Morgan fingerprint density at radius 1 is 1.53 bits per heavy atom. The highest BCUT2D eigenvalue weighted by Gasteiger charge is 2.09. The average Bonchev–Trinajstić information content (AvgIpc) is 2.61. The topological polar surface area (TPSA) is 48.3 Å². The van der Waals surface area contributed by atoms with Crippen molar-refractivity contribution in [1.82, 2.24) is 4.57 Å². The molecule has 0 N–H and O–H groups in total. The number of esters is 1.